The number of hydrogen-bond donors (Lipinski definition) is 0. The van der Waals surface area contributed by atoms with E-state index in [9.17, 15) is 14.4 Å². The summed E-state index contributed by atoms with van der Waals surface area (Å²) in [5.41, 5.74) is -1.50. The van der Waals surface area contributed by atoms with Crippen LogP contribution in [0.5, 0.6) is 0 Å². The fourth-order valence-corrected chi connectivity index (χ4v) is 6.09. The Labute approximate surface area is 200 Å². The van der Waals surface area contributed by atoms with E-state index >= 15 is 0 Å². The minimum Gasteiger partial charge on any atom is -0.464 e. The van der Waals surface area contributed by atoms with Crippen molar-refractivity contribution in [3.63, 3.8) is 0 Å². The van der Waals surface area contributed by atoms with Crippen molar-refractivity contribution in [2.75, 3.05) is 30.9 Å². The van der Waals surface area contributed by atoms with Crippen LogP contribution in [0.2, 0.25) is 0 Å². The summed E-state index contributed by atoms with van der Waals surface area (Å²) in [6, 6.07) is 0. The van der Waals surface area contributed by atoms with E-state index < -0.39 is 58.8 Å². The van der Waals surface area contributed by atoms with E-state index in [1.54, 1.807) is 0 Å². The molecule has 8 nitrogen and oxygen atoms in total. The van der Waals surface area contributed by atoms with Crippen molar-refractivity contribution in [1.29, 1.82) is 0 Å². The van der Waals surface area contributed by atoms with E-state index in [-0.39, 0.29) is 24.2 Å². The van der Waals surface area contributed by atoms with Gasteiger partial charge in [-0.2, -0.15) is 0 Å². The predicted molar refractivity (Wildman–Crippen MR) is 114 cm³/mol. The van der Waals surface area contributed by atoms with E-state index in [1.165, 1.54) is 0 Å². The fraction of sp³-hybridized carbons (Fsp3) is 0.762. The van der Waals surface area contributed by atoms with Gasteiger partial charge < -0.3 is 23.7 Å². The largest absolute Gasteiger partial charge is 0.464 e. The second kappa shape index (κ2) is 8.62. The first-order valence-corrected chi connectivity index (χ1v) is 12.0. The molecule has 0 radical (unpaired) electrons. The Hall–Kier alpha value is -1.06. The van der Waals surface area contributed by atoms with Gasteiger partial charge in [0.25, 0.3) is 0 Å². The van der Waals surface area contributed by atoms with Crippen molar-refractivity contribution in [3.8, 4) is 0 Å². The number of allylic oxidation sites excluding steroid dienone is 1. The molecule has 3 fully saturated rings. The summed E-state index contributed by atoms with van der Waals surface area (Å²) < 4.78 is 29.5. The van der Waals surface area contributed by atoms with E-state index in [0.29, 0.717) is 13.0 Å². The highest BCUT2D eigenvalue weighted by Gasteiger charge is 2.86. The third kappa shape index (κ3) is 3.36. The second-order valence-electron chi connectivity index (χ2n) is 8.95. The van der Waals surface area contributed by atoms with Gasteiger partial charge >= 0.3 is 17.9 Å². The number of carbonyl (C=O) groups excluding carboxylic acids is 3. The number of esters is 3. The number of carbonyl (C=O) groups is 3. The smallest absolute Gasteiger partial charge is 0.321 e. The molecular weight excluding hydrogens is 487 g/mol. The van der Waals surface area contributed by atoms with Crippen LogP contribution in [0.3, 0.4) is 0 Å². The standard InChI is InChI=1S/C21H25Cl3O8/c1-11-3-4-20(9-28-13(25)6-22)12(5-11)30-18-16(31-14(26)7-23)17(32-15(27)8-24)19(20,2)21(18)10-29-21/h5,12,16-18H,3-4,6-10H2,1-2H3/t12-,16+,17-,18+,19+,20-,21+/m1/s1. The summed E-state index contributed by atoms with van der Waals surface area (Å²) in [4.78, 5) is 36.5. The Kier molecular flexibility index (Phi) is 6.48. The molecule has 2 heterocycles. The molecule has 2 aliphatic heterocycles. The number of ether oxygens (including phenoxy) is 5. The zero-order valence-electron chi connectivity index (χ0n) is 17.7. The van der Waals surface area contributed by atoms with E-state index in [4.69, 9.17) is 58.5 Å². The fourth-order valence-electron chi connectivity index (χ4n) is 5.89. The van der Waals surface area contributed by atoms with Gasteiger partial charge in [-0.1, -0.05) is 18.6 Å². The van der Waals surface area contributed by atoms with Crippen molar-refractivity contribution in [2.24, 2.45) is 10.8 Å². The summed E-state index contributed by atoms with van der Waals surface area (Å²) in [5, 5.41) is 0. The molecule has 2 aliphatic carbocycles. The maximum absolute atomic E-state index is 12.3. The van der Waals surface area contributed by atoms with Crippen LogP contribution >= 0.6 is 34.8 Å². The maximum Gasteiger partial charge on any atom is 0.321 e. The number of hydrogen-bond acceptors (Lipinski definition) is 8. The molecule has 0 unspecified atom stereocenters. The van der Waals surface area contributed by atoms with Gasteiger partial charge in [-0.3, -0.25) is 14.4 Å². The van der Waals surface area contributed by atoms with Crippen molar-refractivity contribution >= 4 is 52.7 Å². The highest BCUT2D eigenvalue weighted by Crippen LogP contribution is 2.72. The molecule has 0 N–H and O–H groups in total. The molecule has 1 spiro atoms. The molecule has 0 aromatic heterocycles. The van der Waals surface area contributed by atoms with Gasteiger partial charge in [-0.25, -0.2) is 0 Å². The Morgan fingerprint density at radius 2 is 1.72 bits per heavy atom. The topological polar surface area (TPSA) is 101 Å². The molecule has 0 amide bonds. The van der Waals surface area contributed by atoms with Gasteiger partial charge in [-0.05, 0) is 19.8 Å². The Balaban J connectivity index is 1.84. The third-order valence-electron chi connectivity index (χ3n) is 7.58. The van der Waals surface area contributed by atoms with Gasteiger partial charge in [0.05, 0.1) is 18.1 Å². The van der Waals surface area contributed by atoms with Gasteiger partial charge in [-0.15, -0.1) is 34.8 Å². The number of alkyl halides is 3. The molecule has 1 saturated carbocycles. The lowest BCUT2D eigenvalue weighted by molar-refractivity contribution is -0.233. The summed E-state index contributed by atoms with van der Waals surface area (Å²) in [6.07, 6.45) is 0.204. The summed E-state index contributed by atoms with van der Waals surface area (Å²) in [7, 11) is 0. The van der Waals surface area contributed by atoms with Crippen molar-refractivity contribution in [2.45, 2.75) is 56.7 Å². The van der Waals surface area contributed by atoms with Crippen molar-refractivity contribution < 1.29 is 38.1 Å². The first-order valence-electron chi connectivity index (χ1n) is 10.4. The second-order valence-corrected chi connectivity index (χ2v) is 9.76. The molecular formula is C21H25Cl3O8. The minimum absolute atomic E-state index is 0.0214. The summed E-state index contributed by atoms with van der Waals surface area (Å²) in [5.74, 6) is -2.95. The molecule has 2 bridgehead atoms. The lowest BCUT2D eigenvalue weighted by Gasteiger charge is -2.57. The number of rotatable bonds is 7. The SMILES string of the molecule is CC1=C[C@H]2O[C@H]3[C@@H](OC(=O)CCl)[C@@H](OC(=O)CCl)[C@@](C)([C@@]2(COC(=O)CCl)CC1)[C@]31CO1. The average molecular weight is 512 g/mol. The highest BCUT2D eigenvalue weighted by molar-refractivity contribution is 6.27. The predicted octanol–water partition coefficient (Wildman–Crippen LogP) is 2.35. The normalized spacial score (nSPS) is 41.5. The quantitative estimate of drug-likeness (QED) is 0.169. The monoisotopic (exact) mass is 510 g/mol. The molecule has 4 rings (SSSR count). The molecule has 11 heteroatoms. The molecule has 0 aromatic rings. The number of fused-ring (bicyclic) bond motifs is 2. The zero-order chi connectivity index (χ0) is 23.3. The van der Waals surface area contributed by atoms with Crippen molar-refractivity contribution in [1.82, 2.24) is 0 Å². The Morgan fingerprint density at radius 3 is 2.31 bits per heavy atom. The van der Waals surface area contributed by atoms with Crippen molar-refractivity contribution in [3.05, 3.63) is 11.6 Å². The molecule has 32 heavy (non-hydrogen) atoms. The van der Waals surface area contributed by atoms with Gasteiger partial charge in [0.1, 0.15) is 36.0 Å². The van der Waals surface area contributed by atoms with Crippen LogP contribution in [0.4, 0.5) is 0 Å². The Bertz CT molecular complexity index is 843. The van der Waals surface area contributed by atoms with Crippen LogP contribution in [0.25, 0.3) is 0 Å². The lowest BCUT2D eigenvalue weighted by Crippen LogP contribution is -2.66. The summed E-state index contributed by atoms with van der Waals surface area (Å²) >= 11 is 17.1. The first kappa shape index (κ1) is 24.1. The number of halogens is 3. The molecule has 2 saturated heterocycles. The summed E-state index contributed by atoms with van der Waals surface area (Å²) in [6.45, 7) is 4.22. The first-order chi connectivity index (χ1) is 15.2. The number of epoxide rings is 1. The minimum atomic E-state index is -0.958. The van der Waals surface area contributed by atoms with Crippen LogP contribution in [-0.2, 0) is 38.1 Å². The lowest BCUT2D eigenvalue weighted by atomic mass is 9.51. The van der Waals surface area contributed by atoms with E-state index in [0.717, 1.165) is 12.0 Å². The van der Waals surface area contributed by atoms with Crippen LogP contribution in [0, 0.1) is 10.8 Å². The molecule has 7 atom stereocenters. The zero-order valence-corrected chi connectivity index (χ0v) is 20.0. The van der Waals surface area contributed by atoms with E-state index in [1.807, 2.05) is 19.9 Å². The van der Waals surface area contributed by atoms with Gasteiger partial charge in [0, 0.05) is 5.41 Å². The molecule has 178 valence electrons. The van der Waals surface area contributed by atoms with Gasteiger partial charge in [0.2, 0.25) is 0 Å². The Morgan fingerprint density at radius 1 is 1.09 bits per heavy atom. The average Bonchev–Trinajstić information content (AvgIpc) is 3.57. The van der Waals surface area contributed by atoms with Crippen LogP contribution < -0.4 is 0 Å². The molecule has 0 aromatic carbocycles. The van der Waals surface area contributed by atoms with Crippen LogP contribution in [0.15, 0.2) is 11.6 Å². The van der Waals surface area contributed by atoms with Crippen LogP contribution in [-0.4, -0.2) is 78.8 Å². The highest BCUT2D eigenvalue weighted by atomic mass is 35.5. The van der Waals surface area contributed by atoms with Gasteiger partial charge in [0.15, 0.2) is 12.2 Å². The van der Waals surface area contributed by atoms with E-state index in [2.05, 4.69) is 0 Å². The molecule has 4 aliphatic rings. The maximum atomic E-state index is 12.3. The van der Waals surface area contributed by atoms with Crippen LogP contribution in [0.1, 0.15) is 26.7 Å². The third-order valence-corrected chi connectivity index (χ3v) is 8.23.